The van der Waals surface area contributed by atoms with Gasteiger partial charge in [0.15, 0.2) is 5.16 Å². The number of hydrogen-bond acceptors (Lipinski definition) is 8. The van der Waals surface area contributed by atoms with Gasteiger partial charge in [0.2, 0.25) is 5.89 Å². The van der Waals surface area contributed by atoms with Crippen molar-refractivity contribution in [2.45, 2.75) is 37.8 Å². The number of hydrogen-bond donors (Lipinski definition) is 0. The van der Waals surface area contributed by atoms with Gasteiger partial charge in [0.1, 0.15) is 23.0 Å². The molecular weight excluding hydrogens is 514 g/mol. The Labute approximate surface area is 230 Å². The zero-order valence-electron chi connectivity index (χ0n) is 22.4. The van der Waals surface area contributed by atoms with E-state index in [4.69, 9.17) is 28.6 Å². The molecule has 0 radical (unpaired) electrons. The van der Waals surface area contributed by atoms with Gasteiger partial charge in [-0.15, -0.1) is 0 Å². The number of rotatable bonds is 9. The number of thioether (sulfide) groups is 1. The molecule has 0 aliphatic rings. The fraction of sp³-hybridized carbons (Fsp3) is 0.233. The lowest BCUT2D eigenvalue weighted by Crippen LogP contribution is -2.22. The van der Waals surface area contributed by atoms with Crippen molar-refractivity contribution in [1.29, 1.82) is 0 Å². The third-order valence-corrected chi connectivity index (χ3v) is 6.99. The van der Waals surface area contributed by atoms with Gasteiger partial charge in [-0.2, -0.15) is 0 Å². The molecule has 39 heavy (non-hydrogen) atoms. The molecule has 5 rings (SSSR count). The Bertz CT molecular complexity index is 1650. The van der Waals surface area contributed by atoms with E-state index >= 15 is 0 Å². The highest BCUT2D eigenvalue weighted by molar-refractivity contribution is 7.98. The minimum Gasteiger partial charge on any atom is -0.497 e. The third kappa shape index (κ3) is 5.63. The molecule has 0 aliphatic heterocycles. The first kappa shape index (κ1) is 26.4. The van der Waals surface area contributed by atoms with Crippen LogP contribution < -0.4 is 19.8 Å². The second kappa shape index (κ2) is 11.2. The summed E-state index contributed by atoms with van der Waals surface area (Å²) in [5, 5.41) is 1.04. The van der Waals surface area contributed by atoms with E-state index in [0.29, 0.717) is 50.6 Å². The summed E-state index contributed by atoms with van der Waals surface area (Å²) in [6, 6.07) is 20.3. The average molecular weight is 544 g/mol. The van der Waals surface area contributed by atoms with Gasteiger partial charge in [-0.05, 0) is 57.2 Å². The highest BCUT2D eigenvalue weighted by atomic mass is 32.2. The topological polar surface area (TPSA) is 88.6 Å². The van der Waals surface area contributed by atoms with E-state index in [1.54, 1.807) is 43.1 Å². The Morgan fingerprint density at radius 2 is 1.62 bits per heavy atom. The molecule has 5 aromatic rings. The van der Waals surface area contributed by atoms with Crippen LogP contribution in [0, 0.1) is 6.92 Å². The fourth-order valence-electron chi connectivity index (χ4n) is 4.12. The summed E-state index contributed by atoms with van der Waals surface area (Å²) >= 11 is 1.41. The van der Waals surface area contributed by atoms with Crippen LogP contribution in [0.4, 0.5) is 0 Å². The smallest absolute Gasteiger partial charge is 0.266 e. The van der Waals surface area contributed by atoms with Crippen LogP contribution in [0.15, 0.2) is 81.1 Å². The molecule has 9 heteroatoms. The highest BCUT2D eigenvalue weighted by Crippen LogP contribution is 2.31. The number of nitrogens with zero attached hydrogens (tertiary/aromatic N) is 3. The van der Waals surface area contributed by atoms with Crippen LogP contribution in [-0.2, 0) is 5.75 Å². The Kier molecular flexibility index (Phi) is 7.60. The summed E-state index contributed by atoms with van der Waals surface area (Å²) in [4.78, 5) is 23.3. The zero-order chi connectivity index (χ0) is 27.5. The lowest BCUT2D eigenvalue weighted by molar-refractivity contribution is 0.242. The summed E-state index contributed by atoms with van der Waals surface area (Å²) < 4.78 is 24.2. The molecule has 0 atom stereocenters. The third-order valence-electron chi connectivity index (χ3n) is 6.04. The van der Waals surface area contributed by atoms with Crippen molar-refractivity contribution >= 4 is 22.7 Å². The first-order chi connectivity index (χ1) is 18.9. The first-order valence-corrected chi connectivity index (χ1v) is 13.5. The predicted octanol–water partition coefficient (Wildman–Crippen LogP) is 6.45. The maximum Gasteiger partial charge on any atom is 0.266 e. The Morgan fingerprint density at radius 3 is 2.28 bits per heavy atom. The number of fused-ring (bicyclic) bond motifs is 1. The molecule has 0 spiro atoms. The van der Waals surface area contributed by atoms with Gasteiger partial charge >= 0.3 is 0 Å². The van der Waals surface area contributed by atoms with Crippen LogP contribution in [0.3, 0.4) is 0 Å². The molecule has 0 fully saturated rings. The van der Waals surface area contributed by atoms with Crippen LogP contribution in [0.2, 0.25) is 0 Å². The van der Waals surface area contributed by atoms with Gasteiger partial charge in [-0.3, -0.25) is 9.36 Å². The van der Waals surface area contributed by atoms with Crippen molar-refractivity contribution in [3.63, 3.8) is 0 Å². The molecule has 0 aliphatic carbocycles. The fourth-order valence-corrected chi connectivity index (χ4v) is 5.14. The predicted molar refractivity (Wildman–Crippen MR) is 152 cm³/mol. The van der Waals surface area contributed by atoms with Crippen molar-refractivity contribution in [3.05, 3.63) is 88.5 Å². The minimum atomic E-state index is -0.181. The number of benzene rings is 3. The number of ether oxygens (including phenoxy) is 3. The van der Waals surface area contributed by atoms with Crippen LogP contribution >= 0.6 is 11.8 Å². The molecule has 0 amide bonds. The molecule has 0 unspecified atom stereocenters. The van der Waals surface area contributed by atoms with Crippen molar-refractivity contribution in [3.8, 4) is 34.4 Å². The zero-order valence-corrected chi connectivity index (χ0v) is 23.2. The van der Waals surface area contributed by atoms with Crippen molar-refractivity contribution < 1.29 is 18.6 Å². The minimum absolute atomic E-state index is 0.0997. The molecule has 200 valence electrons. The SMILES string of the molecule is COc1cc(OC)cc(-n2c(SCc3nc(-c4ccc(OC(C)C)cc4)oc3C)nc3ccccc3c2=O)c1. The summed E-state index contributed by atoms with van der Waals surface area (Å²) in [7, 11) is 3.15. The lowest BCUT2D eigenvalue weighted by atomic mass is 10.2. The second-order valence-electron chi connectivity index (χ2n) is 9.12. The number of aromatic nitrogens is 3. The maximum absolute atomic E-state index is 13.7. The molecule has 2 aromatic heterocycles. The monoisotopic (exact) mass is 543 g/mol. The van der Waals surface area contributed by atoms with Crippen LogP contribution in [0.5, 0.6) is 17.2 Å². The van der Waals surface area contributed by atoms with Crippen molar-refractivity contribution in [2.75, 3.05) is 14.2 Å². The molecular formula is C30H29N3O5S. The number of oxazole rings is 1. The van der Waals surface area contributed by atoms with Gasteiger partial charge in [-0.25, -0.2) is 9.97 Å². The Hall–Kier alpha value is -4.24. The molecule has 3 aromatic carbocycles. The number of aryl methyl sites for hydroxylation is 1. The lowest BCUT2D eigenvalue weighted by Gasteiger charge is -2.15. The molecule has 2 heterocycles. The Morgan fingerprint density at radius 1 is 0.923 bits per heavy atom. The molecule has 0 bridgehead atoms. The normalized spacial score (nSPS) is 11.2. The van der Waals surface area contributed by atoms with Gasteiger partial charge in [0.25, 0.3) is 5.56 Å². The summed E-state index contributed by atoms with van der Waals surface area (Å²) in [5.41, 5.74) is 2.67. The first-order valence-electron chi connectivity index (χ1n) is 12.5. The molecule has 8 nitrogen and oxygen atoms in total. The number of para-hydroxylation sites is 1. The van der Waals surface area contributed by atoms with Gasteiger partial charge in [0.05, 0.1) is 42.6 Å². The molecule has 0 saturated carbocycles. The van der Waals surface area contributed by atoms with E-state index in [9.17, 15) is 4.79 Å². The van der Waals surface area contributed by atoms with Gasteiger partial charge < -0.3 is 18.6 Å². The standard InChI is InChI=1S/C30H29N3O5S/c1-18(2)37-22-12-10-20(11-13-22)28-31-27(19(3)38-28)17-39-30-32-26-9-7-6-8-25(26)29(34)33(30)21-14-23(35-4)16-24(15-21)36-5/h6-16,18H,17H2,1-5H3. The van der Waals surface area contributed by atoms with Crippen LogP contribution in [0.25, 0.3) is 28.0 Å². The Balaban J connectivity index is 1.50. The van der Waals surface area contributed by atoms with Crippen molar-refractivity contribution in [2.24, 2.45) is 0 Å². The largest absolute Gasteiger partial charge is 0.497 e. The van der Waals surface area contributed by atoms with Gasteiger partial charge in [0, 0.05) is 29.5 Å². The highest BCUT2D eigenvalue weighted by Gasteiger charge is 2.18. The average Bonchev–Trinajstić information content (AvgIpc) is 3.31. The van der Waals surface area contributed by atoms with E-state index in [2.05, 4.69) is 0 Å². The van der Waals surface area contributed by atoms with E-state index in [0.717, 1.165) is 17.0 Å². The molecule has 0 saturated heterocycles. The van der Waals surface area contributed by atoms with Gasteiger partial charge in [-0.1, -0.05) is 23.9 Å². The summed E-state index contributed by atoms with van der Waals surface area (Å²) in [6.45, 7) is 5.87. The second-order valence-corrected chi connectivity index (χ2v) is 10.1. The van der Waals surface area contributed by atoms with E-state index in [1.807, 2.05) is 63.2 Å². The van der Waals surface area contributed by atoms with E-state index < -0.39 is 0 Å². The van der Waals surface area contributed by atoms with Crippen LogP contribution in [-0.4, -0.2) is 34.9 Å². The quantitative estimate of drug-likeness (QED) is 0.155. The maximum atomic E-state index is 13.7. The number of methoxy groups -OCH3 is 2. The summed E-state index contributed by atoms with van der Waals surface area (Å²) in [5.74, 6) is 3.63. The van der Waals surface area contributed by atoms with E-state index in [-0.39, 0.29) is 11.7 Å². The molecule has 0 N–H and O–H groups in total. The van der Waals surface area contributed by atoms with E-state index in [1.165, 1.54) is 11.8 Å². The van der Waals surface area contributed by atoms with Crippen LogP contribution in [0.1, 0.15) is 25.3 Å². The summed E-state index contributed by atoms with van der Waals surface area (Å²) in [6.07, 6.45) is 0.0997. The van der Waals surface area contributed by atoms with Crippen molar-refractivity contribution in [1.82, 2.24) is 14.5 Å².